The minimum atomic E-state index is 0.0782. The van der Waals surface area contributed by atoms with Crippen molar-refractivity contribution in [2.75, 3.05) is 40.0 Å². The van der Waals surface area contributed by atoms with Gasteiger partial charge in [0.1, 0.15) is 0 Å². The molecule has 0 amide bonds. The van der Waals surface area contributed by atoms with Crippen molar-refractivity contribution < 1.29 is 14.2 Å². The summed E-state index contributed by atoms with van der Waals surface area (Å²) in [6, 6.07) is 4.07. The summed E-state index contributed by atoms with van der Waals surface area (Å²) in [6.45, 7) is 5.73. The number of hydrogen-bond donors (Lipinski definition) is 0. The lowest BCUT2D eigenvalue weighted by Crippen LogP contribution is -2.64. The fourth-order valence-electron chi connectivity index (χ4n) is 4.23. The van der Waals surface area contributed by atoms with Crippen LogP contribution in [0.15, 0.2) is 18.3 Å². The molecule has 138 valence electrons. The third kappa shape index (κ3) is 4.33. The first-order valence-electron chi connectivity index (χ1n) is 9.68. The number of hydrogen-bond acceptors (Lipinski definition) is 5. The largest absolute Gasteiger partial charge is 0.481 e. The van der Waals surface area contributed by atoms with Crippen LogP contribution in [0.5, 0.6) is 5.88 Å². The van der Waals surface area contributed by atoms with Crippen molar-refractivity contribution in [2.45, 2.75) is 44.2 Å². The molecule has 0 radical (unpaired) electrons. The Balaban J connectivity index is 1.22. The summed E-state index contributed by atoms with van der Waals surface area (Å²) in [5.74, 6) is 2.35. The first-order chi connectivity index (χ1) is 12.3. The average Bonchev–Trinajstić information content (AvgIpc) is 3.43. The summed E-state index contributed by atoms with van der Waals surface area (Å²) in [5.41, 5.74) is 1.23. The van der Waals surface area contributed by atoms with E-state index in [1.807, 2.05) is 6.07 Å². The van der Waals surface area contributed by atoms with Gasteiger partial charge in [-0.2, -0.15) is 0 Å². The van der Waals surface area contributed by atoms with E-state index < -0.39 is 0 Å². The predicted octanol–water partition coefficient (Wildman–Crippen LogP) is 2.89. The van der Waals surface area contributed by atoms with Gasteiger partial charge in [0.25, 0.3) is 0 Å². The highest BCUT2D eigenvalue weighted by Gasteiger charge is 2.47. The second-order valence-electron chi connectivity index (χ2n) is 8.01. The lowest BCUT2D eigenvalue weighted by Gasteiger charge is -2.53. The standard InChI is InChI=1S/C20H30N2O3/c1-23-19-18(3-2-8-21-19)12-22-14-20(15-22)11-16(7-10-25-20)6-9-24-13-17-4-5-17/h2-3,8,16-17H,4-7,9-15H2,1H3/t16-/m0/s1. The molecule has 1 saturated carbocycles. The molecule has 5 heteroatoms. The molecule has 1 atom stereocenters. The smallest absolute Gasteiger partial charge is 0.217 e. The van der Waals surface area contributed by atoms with Gasteiger partial charge in [-0.05, 0) is 50.0 Å². The Morgan fingerprint density at radius 2 is 2.16 bits per heavy atom. The van der Waals surface area contributed by atoms with Gasteiger partial charge < -0.3 is 14.2 Å². The van der Waals surface area contributed by atoms with E-state index in [1.165, 1.54) is 32.1 Å². The molecule has 1 spiro atoms. The van der Waals surface area contributed by atoms with E-state index >= 15 is 0 Å². The lowest BCUT2D eigenvalue weighted by atomic mass is 9.79. The van der Waals surface area contributed by atoms with Crippen LogP contribution in [0.4, 0.5) is 0 Å². The molecule has 0 aromatic carbocycles. The molecule has 4 rings (SSSR count). The van der Waals surface area contributed by atoms with Crippen LogP contribution >= 0.6 is 0 Å². The zero-order valence-electron chi connectivity index (χ0n) is 15.3. The van der Waals surface area contributed by atoms with Crippen LogP contribution in [0.3, 0.4) is 0 Å². The van der Waals surface area contributed by atoms with Crippen molar-refractivity contribution in [3.8, 4) is 5.88 Å². The topological polar surface area (TPSA) is 43.8 Å². The molecule has 0 bridgehead atoms. The Hall–Kier alpha value is -1.17. The monoisotopic (exact) mass is 346 g/mol. The summed E-state index contributed by atoms with van der Waals surface area (Å²) in [4.78, 5) is 6.73. The SMILES string of the molecule is COc1ncccc1CN1CC2(C[C@@H](CCOCC3CC3)CCO2)C1. The maximum Gasteiger partial charge on any atom is 0.217 e. The number of nitrogens with zero attached hydrogens (tertiary/aromatic N) is 2. The van der Waals surface area contributed by atoms with Crippen LogP contribution in [-0.4, -0.2) is 55.5 Å². The molecule has 1 aromatic rings. The molecule has 3 aliphatic rings. The zero-order chi connectivity index (χ0) is 17.1. The highest BCUT2D eigenvalue weighted by Crippen LogP contribution is 2.39. The number of likely N-dealkylation sites (tertiary alicyclic amines) is 1. The van der Waals surface area contributed by atoms with E-state index in [-0.39, 0.29) is 5.60 Å². The highest BCUT2D eigenvalue weighted by molar-refractivity contribution is 5.25. The molecule has 25 heavy (non-hydrogen) atoms. The molecule has 5 nitrogen and oxygen atoms in total. The van der Waals surface area contributed by atoms with Gasteiger partial charge in [-0.15, -0.1) is 0 Å². The van der Waals surface area contributed by atoms with Gasteiger partial charge in [0.2, 0.25) is 5.88 Å². The fourth-order valence-corrected chi connectivity index (χ4v) is 4.23. The molecular formula is C20H30N2O3. The van der Waals surface area contributed by atoms with Gasteiger partial charge in [0.15, 0.2) is 0 Å². The summed E-state index contributed by atoms with van der Waals surface area (Å²) in [7, 11) is 1.68. The minimum Gasteiger partial charge on any atom is -0.481 e. The average molecular weight is 346 g/mol. The molecule has 0 unspecified atom stereocenters. The van der Waals surface area contributed by atoms with Crippen LogP contribution < -0.4 is 4.74 Å². The number of methoxy groups -OCH3 is 1. The van der Waals surface area contributed by atoms with E-state index in [1.54, 1.807) is 13.3 Å². The van der Waals surface area contributed by atoms with Crippen LogP contribution in [0.2, 0.25) is 0 Å². The molecule has 3 heterocycles. The van der Waals surface area contributed by atoms with Crippen molar-refractivity contribution in [3.05, 3.63) is 23.9 Å². The highest BCUT2D eigenvalue weighted by atomic mass is 16.5. The third-order valence-electron chi connectivity index (χ3n) is 5.78. The Kier molecular flexibility index (Phi) is 5.25. The van der Waals surface area contributed by atoms with Crippen molar-refractivity contribution in [1.29, 1.82) is 0 Å². The number of ether oxygens (including phenoxy) is 3. The molecule has 2 saturated heterocycles. The van der Waals surface area contributed by atoms with E-state index in [0.29, 0.717) is 0 Å². The van der Waals surface area contributed by atoms with E-state index in [9.17, 15) is 0 Å². The quantitative estimate of drug-likeness (QED) is 0.677. The molecule has 0 N–H and O–H groups in total. The predicted molar refractivity (Wildman–Crippen MR) is 95.6 cm³/mol. The fraction of sp³-hybridized carbons (Fsp3) is 0.750. The Labute approximate surface area is 150 Å². The van der Waals surface area contributed by atoms with Gasteiger partial charge >= 0.3 is 0 Å². The zero-order valence-corrected chi connectivity index (χ0v) is 15.3. The van der Waals surface area contributed by atoms with Gasteiger partial charge in [-0.3, -0.25) is 4.90 Å². The van der Waals surface area contributed by atoms with Gasteiger partial charge in [-0.25, -0.2) is 4.98 Å². The Morgan fingerprint density at radius 1 is 1.28 bits per heavy atom. The lowest BCUT2D eigenvalue weighted by molar-refractivity contribution is -0.182. The van der Waals surface area contributed by atoms with Crippen LogP contribution in [0.25, 0.3) is 0 Å². The van der Waals surface area contributed by atoms with Crippen molar-refractivity contribution >= 4 is 0 Å². The third-order valence-corrected chi connectivity index (χ3v) is 5.78. The van der Waals surface area contributed by atoms with Gasteiger partial charge in [-0.1, -0.05) is 6.07 Å². The maximum atomic E-state index is 6.18. The molecular weight excluding hydrogens is 316 g/mol. The minimum absolute atomic E-state index is 0.0782. The summed E-state index contributed by atoms with van der Waals surface area (Å²) < 4.78 is 17.4. The Bertz CT molecular complexity index is 570. The van der Waals surface area contributed by atoms with Gasteiger partial charge in [0, 0.05) is 51.2 Å². The van der Waals surface area contributed by atoms with Crippen LogP contribution in [-0.2, 0) is 16.0 Å². The summed E-state index contributed by atoms with van der Waals surface area (Å²) in [5, 5.41) is 0. The molecule has 2 aliphatic heterocycles. The van der Waals surface area contributed by atoms with E-state index in [0.717, 1.165) is 62.7 Å². The van der Waals surface area contributed by atoms with Crippen molar-refractivity contribution in [2.24, 2.45) is 11.8 Å². The summed E-state index contributed by atoms with van der Waals surface area (Å²) in [6.07, 6.45) is 8.08. The van der Waals surface area contributed by atoms with E-state index in [4.69, 9.17) is 14.2 Å². The first kappa shape index (κ1) is 17.3. The normalized spacial score (nSPS) is 25.7. The summed E-state index contributed by atoms with van der Waals surface area (Å²) >= 11 is 0. The van der Waals surface area contributed by atoms with Gasteiger partial charge in [0.05, 0.1) is 12.7 Å². The number of aromatic nitrogens is 1. The molecule has 1 aromatic heterocycles. The number of pyridine rings is 1. The van der Waals surface area contributed by atoms with Crippen LogP contribution in [0, 0.1) is 11.8 Å². The number of rotatable bonds is 8. The van der Waals surface area contributed by atoms with Crippen molar-refractivity contribution in [3.63, 3.8) is 0 Å². The second-order valence-corrected chi connectivity index (χ2v) is 8.01. The maximum absolute atomic E-state index is 6.18. The first-order valence-corrected chi connectivity index (χ1v) is 9.68. The Morgan fingerprint density at radius 3 is 2.96 bits per heavy atom. The second kappa shape index (κ2) is 7.60. The molecule has 1 aliphatic carbocycles. The molecule has 3 fully saturated rings. The van der Waals surface area contributed by atoms with E-state index in [2.05, 4.69) is 16.0 Å². The van der Waals surface area contributed by atoms with Crippen molar-refractivity contribution in [1.82, 2.24) is 9.88 Å². The van der Waals surface area contributed by atoms with Crippen LogP contribution in [0.1, 0.15) is 37.7 Å².